The predicted molar refractivity (Wildman–Crippen MR) is 81.3 cm³/mol. The molecule has 0 bridgehead atoms. The summed E-state index contributed by atoms with van der Waals surface area (Å²) in [6.07, 6.45) is 0. The Kier molecular flexibility index (Phi) is 4.42. The Hall–Kier alpha value is -2.56. The van der Waals surface area contributed by atoms with E-state index in [1.165, 1.54) is 29.2 Å². The first-order valence-electron chi connectivity index (χ1n) is 6.65. The van der Waals surface area contributed by atoms with Gasteiger partial charge in [-0.3, -0.25) is 4.90 Å². The van der Waals surface area contributed by atoms with E-state index in [-0.39, 0.29) is 17.6 Å². The molecule has 0 heterocycles. The molecular formula is C16H17FN2O2. The van der Waals surface area contributed by atoms with Crippen molar-refractivity contribution in [3.05, 3.63) is 53.8 Å². The zero-order chi connectivity index (χ0) is 15.4. The van der Waals surface area contributed by atoms with Crippen molar-refractivity contribution in [2.24, 2.45) is 0 Å². The molecule has 0 unspecified atom stereocenters. The third-order valence-corrected chi connectivity index (χ3v) is 3.14. The van der Waals surface area contributed by atoms with E-state index in [9.17, 15) is 14.3 Å². The van der Waals surface area contributed by atoms with Gasteiger partial charge in [-0.1, -0.05) is 6.07 Å². The summed E-state index contributed by atoms with van der Waals surface area (Å²) < 4.78 is 12.9. The fourth-order valence-electron chi connectivity index (χ4n) is 2.04. The fourth-order valence-corrected chi connectivity index (χ4v) is 2.04. The molecule has 2 aromatic carbocycles. The highest BCUT2D eigenvalue weighted by molar-refractivity contribution is 6.02. The third-order valence-electron chi connectivity index (χ3n) is 3.14. The number of carbonyl (C=O) groups excluding carboxylic acids is 1. The molecule has 0 aromatic heterocycles. The molecular weight excluding hydrogens is 271 g/mol. The number of rotatable bonds is 3. The maximum atomic E-state index is 12.9. The molecule has 0 radical (unpaired) electrons. The Labute approximate surface area is 122 Å². The maximum Gasteiger partial charge on any atom is 0.326 e. The monoisotopic (exact) mass is 288 g/mol. The van der Waals surface area contributed by atoms with Crippen molar-refractivity contribution in [3.63, 3.8) is 0 Å². The van der Waals surface area contributed by atoms with E-state index in [1.54, 1.807) is 18.2 Å². The van der Waals surface area contributed by atoms with Gasteiger partial charge in [0.15, 0.2) is 0 Å². The first-order valence-corrected chi connectivity index (χ1v) is 6.65. The Morgan fingerprint density at radius 2 is 1.90 bits per heavy atom. The Morgan fingerprint density at radius 1 is 1.24 bits per heavy atom. The second-order valence-corrected chi connectivity index (χ2v) is 4.65. The molecule has 110 valence electrons. The smallest absolute Gasteiger partial charge is 0.326 e. The van der Waals surface area contributed by atoms with Crippen LogP contribution in [-0.2, 0) is 0 Å². The van der Waals surface area contributed by atoms with Crippen LogP contribution >= 0.6 is 0 Å². The zero-order valence-electron chi connectivity index (χ0n) is 11.9. The molecule has 2 aromatic rings. The fraction of sp³-hybridized carbons (Fsp3) is 0.188. The van der Waals surface area contributed by atoms with Gasteiger partial charge in [-0.05, 0) is 49.7 Å². The van der Waals surface area contributed by atoms with Gasteiger partial charge in [-0.15, -0.1) is 0 Å². The number of anilines is 2. The third kappa shape index (κ3) is 3.51. The number of hydrogen-bond acceptors (Lipinski definition) is 2. The number of urea groups is 1. The van der Waals surface area contributed by atoms with Gasteiger partial charge in [0, 0.05) is 18.3 Å². The highest BCUT2D eigenvalue weighted by Crippen LogP contribution is 2.25. The molecule has 2 N–H and O–H groups in total. The standard InChI is InChI=1S/C16H17FN2O2/c1-3-19(15-10-14(20)9-4-11(15)2)16(21)18-13-7-5-12(17)6-8-13/h4-10,20H,3H2,1-2H3,(H,18,21). The van der Waals surface area contributed by atoms with Crippen LogP contribution in [0.1, 0.15) is 12.5 Å². The van der Waals surface area contributed by atoms with Crippen molar-refractivity contribution in [3.8, 4) is 5.75 Å². The molecule has 0 spiro atoms. The summed E-state index contributed by atoms with van der Waals surface area (Å²) in [7, 11) is 0. The quantitative estimate of drug-likeness (QED) is 0.900. The molecule has 2 amide bonds. The van der Waals surface area contributed by atoms with Crippen molar-refractivity contribution >= 4 is 17.4 Å². The normalized spacial score (nSPS) is 10.2. The number of nitrogens with zero attached hydrogens (tertiary/aromatic N) is 1. The van der Waals surface area contributed by atoms with Gasteiger partial charge in [-0.2, -0.15) is 0 Å². The van der Waals surface area contributed by atoms with E-state index in [4.69, 9.17) is 0 Å². The molecule has 0 fully saturated rings. The predicted octanol–water partition coefficient (Wildman–Crippen LogP) is 3.90. The lowest BCUT2D eigenvalue weighted by Gasteiger charge is -2.23. The Bertz CT molecular complexity index is 641. The first-order chi connectivity index (χ1) is 10.0. The van der Waals surface area contributed by atoms with Gasteiger partial charge in [0.2, 0.25) is 0 Å². The molecule has 21 heavy (non-hydrogen) atoms. The van der Waals surface area contributed by atoms with Crippen LogP contribution < -0.4 is 10.2 Å². The molecule has 0 saturated heterocycles. The van der Waals surface area contributed by atoms with Gasteiger partial charge in [0.25, 0.3) is 0 Å². The van der Waals surface area contributed by atoms with Gasteiger partial charge in [0.05, 0.1) is 5.69 Å². The van der Waals surface area contributed by atoms with Crippen LogP contribution in [0.25, 0.3) is 0 Å². The van der Waals surface area contributed by atoms with E-state index in [1.807, 2.05) is 13.8 Å². The van der Waals surface area contributed by atoms with Crippen molar-refractivity contribution in [2.45, 2.75) is 13.8 Å². The summed E-state index contributed by atoms with van der Waals surface area (Å²) in [4.78, 5) is 13.8. The second-order valence-electron chi connectivity index (χ2n) is 4.65. The lowest BCUT2D eigenvalue weighted by atomic mass is 10.1. The van der Waals surface area contributed by atoms with Gasteiger partial charge in [0.1, 0.15) is 11.6 Å². The number of benzene rings is 2. The average Bonchev–Trinajstić information content (AvgIpc) is 2.46. The molecule has 0 saturated carbocycles. The first kappa shape index (κ1) is 14.8. The van der Waals surface area contributed by atoms with Crippen molar-refractivity contribution in [1.82, 2.24) is 0 Å². The van der Waals surface area contributed by atoms with Crippen molar-refractivity contribution < 1.29 is 14.3 Å². The van der Waals surface area contributed by atoms with Crippen LogP contribution in [0.15, 0.2) is 42.5 Å². The highest BCUT2D eigenvalue weighted by Gasteiger charge is 2.16. The number of aromatic hydroxyl groups is 1. The maximum absolute atomic E-state index is 12.9. The van der Waals surface area contributed by atoms with Crippen LogP contribution in [0.3, 0.4) is 0 Å². The van der Waals surface area contributed by atoms with Crippen molar-refractivity contribution in [2.75, 3.05) is 16.8 Å². The van der Waals surface area contributed by atoms with Crippen LogP contribution in [-0.4, -0.2) is 17.7 Å². The van der Waals surface area contributed by atoms with Gasteiger partial charge in [-0.25, -0.2) is 9.18 Å². The van der Waals surface area contributed by atoms with E-state index in [0.717, 1.165) is 5.56 Å². The van der Waals surface area contributed by atoms with E-state index >= 15 is 0 Å². The molecule has 0 atom stereocenters. The van der Waals surface area contributed by atoms with E-state index in [2.05, 4.69) is 5.32 Å². The number of aryl methyl sites for hydroxylation is 1. The highest BCUT2D eigenvalue weighted by atomic mass is 19.1. The van der Waals surface area contributed by atoms with E-state index < -0.39 is 0 Å². The molecule has 4 nitrogen and oxygen atoms in total. The SMILES string of the molecule is CCN(C(=O)Nc1ccc(F)cc1)c1cc(O)ccc1C. The number of hydrogen-bond donors (Lipinski definition) is 2. The number of halogens is 1. The number of phenolic OH excluding ortho intramolecular Hbond substituents is 1. The second kappa shape index (κ2) is 6.26. The lowest BCUT2D eigenvalue weighted by molar-refractivity contribution is 0.257. The minimum absolute atomic E-state index is 0.101. The number of carbonyl (C=O) groups is 1. The average molecular weight is 288 g/mol. The summed E-state index contributed by atoms with van der Waals surface area (Å²) >= 11 is 0. The molecule has 0 aliphatic rings. The summed E-state index contributed by atoms with van der Waals surface area (Å²) in [6.45, 7) is 4.15. The molecule has 0 aliphatic heterocycles. The number of phenols is 1. The van der Waals surface area contributed by atoms with Crippen molar-refractivity contribution in [1.29, 1.82) is 0 Å². The lowest BCUT2D eigenvalue weighted by Crippen LogP contribution is -2.35. The van der Waals surface area contributed by atoms with Gasteiger partial charge >= 0.3 is 6.03 Å². The summed E-state index contributed by atoms with van der Waals surface area (Å²) in [5.74, 6) is -0.257. The van der Waals surface area contributed by atoms with Crippen LogP contribution in [0.2, 0.25) is 0 Å². The molecule has 2 rings (SSSR count). The number of amides is 2. The van der Waals surface area contributed by atoms with E-state index in [0.29, 0.717) is 17.9 Å². The largest absolute Gasteiger partial charge is 0.508 e. The minimum Gasteiger partial charge on any atom is -0.508 e. The minimum atomic E-state index is -0.357. The Balaban J connectivity index is 2.22. The molecule has 0 aliphatic carbocycles. The summed E-state index contributed by atoms with van der Waals surface area (Å²) in [6, 6.07) is 10.1. The Morgan fingerprint density at radius 3 is 2.52 bits per heavy atom. The summed E-state index contributed by atoms with van der Waals surface area (Å²) in [5, 5.41) is 12.3. The van der Waals surface area contributed by atoms with Gasteiger partial charge < -0.3 is 10.4 Å². The zero-order valence-corrected chi connectivity index (χ0v) is 11.9. The van der Waals surface area contributed by atoms with Crippen LogP contribution in [0.5, 0.6) is 5.75 Å². The summed E-state index contributed by atoms with van der Waals surface area (Å²) in [5.41, 5.74) is 2.03. The van der Waals surface area contributed by atoms with Crippen LogP contribution in [0, 0.1) is 12.7 Å². The topological polar surface area (TPSA) is 52.6 Å². The molecule has 5 heteroatoms. The number of nitrogens with one attached hydrogen (secondary N) is 1. The van der Waals surface area contributed by atoms with Crippen LogP contribution in [0.4, 0.5) is 20.6 Å².